The highest BCUT2D eigenvalue weighted by Gasteiger charge is 2.54. The molecule has 3 aliphatic heterocycles. The SMILES string of the molecule is CC(C)[C@H](NC(=O)CN=[N+]=[N-])C(=O)N[C@@H](CCCNC(N)=O)C(=O)Nc1ccc(CSP2(=O)OC[C@H]3O[C@@H](n4cnc5c(N)ncnc54)C[C@@H]3OP(=O)(SCc3ccc(NC(=O)[C@H](CCCNC(N)=O)NC(=O)[C@@H](NC(=O)CN=[N+]=[N-])C(C)C)cc3)OC[C@H]3O[C@@H](n4cnc5c(N)ncnc54)[C@H](F)[C@@H]3O2)cc1. The van der Waals surface area contributed by atoms with Gasteiger partial charge in [0.15, 0.2) is 35.3 Å². The predicted molar refractivity (Wildman–Crippen MR) is 385 cm³/mol. The van der Waals surface area contributed by atoms with E-state index in [9.17, 15) is 38.4 Å². The molecule has 3 aliphatic rings. The van der Waals surface area contributed by atoms with Crippen LogP contribution in [-0.2, 0) is 77.0 Å². The first-order valence-corrected chi connectivity index (χ1v) is 39.4. The summed E-state index contributed by atoms with van der Waals surface area (Å²) >= 11 is 1.39. The number of fused-ring (bicyclic) bond motifs is 4. The number of nitrogens with two attached hydrogens (primary N) is 4. The van der Waals surface area contributed by atoms with Gasteiger partial charge in [-0.25, -0.2) is 53.0 Å². The summed E-state index contributed by atoms with van der Waals surface area (Å²) in [5.41, 5.74) is 42.3. The number of rotatable bonds is 32. The van der Waals surface area contributed by atoms with Crippen LogP contribution in [0.25, 0.3) is 43.2 Å². The van der Waals surface area contributed by atoms with Crippen LogP contribution in [0.5, 0.6) is 0 Å². The van der Waals surface area contributed by atoms with Crippen molar-refractivity contribution in [1.29, 1.82) is 0 Å². The fourth-order valence-corrected chi connectivity index (χ4v) is 18.0. The van der Waals surface area contributed by atoms with Crippen molar-refractivity contribution >= 4 is 129 Å². The number of halogens is 1. The maximum absolute atomic E-state index is 17.7. The Morgan fingerprint density at radius 2 is 1.06 bits per heavy atom. The van der Waals surface area contributed by atoms with Gasteiger partial charge in [-0.15, -0.1) is 0 Å². The summed E-state index contributed by atoms with van der Waals surface area (Å²) in [6.45, 7) is -5.01. The van der Waals surface area contributed by atoms with Crippen molar-refractivity contribution in [3.63, 3.8) is 0 Å². The Morgan fingerprint density at radius 1 is 0.607 bits per heavy atom. The van der Waals surface area contributed by atoms with Crippen molar-refractivity contribution in [2.75, 3.05) is 61.5 Å². The number of ether oxygens (including phenoxy) is 2. The number of amides is 10. The lowest BCUT2D eigenvalue weighted by Gasteiger charge is -2.30. The minimum Gasteiger partial charge on any atom is -0.382 e. The summed E-state index contributed by atoms with van der Waals surface area (Å²) < 4.78 is 90.5. The van der Waals surface area contributed by atoms with E-state index in [1.54, 1.807) is 56.5 Å². The third kappa shape index (κ3) is 22.1. The Bertz CT molecular complexity index is 4410. The largest absolute Gasteiger partial charge is 0.389 e. The highest BCUT2D eigenvalue weighted by atomic mass is 32.7. The van der Waals surface area contributed by atoms with Crippen molar-refractivity contribution in [3.05, 3.63) is 106 Å². The average Bonchev–Trinajstić information content (AvgIpc) is 1.62. The van der Waals surface area contributed by atoms with Crippen LogP contribution in [0.4, 0.5) is 37.0 Å². The number of alkyl halides is 1. The van der Waals surface area contributed by atoms with Crippen molar-refractivity contribution in [3.8, 4) is 0 Å². The molecule has 42 nitrogen and oxygen atoms in total. The van der Waals surface area contributed by atoms with E-state index < -0.39 is 166 Å². The van der Waals surface area contributed by atoms with E-state index >= 15 is 13.5 Å². The number of urea groups is 2. The van der Waals surface area contributed by atoms with Crippen LogP contribution in [0.2, 0.25) is 0 Å². The molecule has 6 aromatic rings. The van der Waals surface area contributed by atoms with Crippen LogP contribution in [0.15, 0.2) is 84.1 Å². The topological polar surface area (TPSA) is 611 Å². The molecule has 7 heterocycles. The number of anilines is 4. The zero-order valence-electron chi connectivity index (χ0n) is 57.8. The molecule has 0 aliphatic carbocycles. The molecule has 2 unspecified atom stereocenters. The monoisotopic (exact) mass is 1560 g/mol. The Labute approximate surface area is 616 Å². The van der Waals surface area contributed by atoms with Gasteiger partial charge in [-0.05, 0) is 107 Å². The number of carbonyl (C=O) groups is 8. The smallest absolute Gasteiger partial charge is 0.382 e. The molecule has 0 saturated carbocycles. The van der Waals surface area contributed by atoms with E-state index in [-0.39, 0.29) is 102 Å². The van der Waals surface area contributed by atoms with Gasteiger partial charge in [0.2, 0.25) is 35.4 Å². The van der Waals surface area contributed by atoms with Crippen LogP contribution >= 0.6 is 36.4 Å². The molecule has 3 fully saturated rings. The Balaban J connectivity index is 0.961. The number of nitrogens with zero attached hydrogens (tertiary/aromatic N) is 14. The van der Waals surface area contributed by atoms with Crippen LogP contribution in [0, 0.1) is 11.8 Å². The first-order valence-electron chi connectivity index (χ1n) is 33.2. The highest BCUT2D eigenvalue weighted by molar-refractivity contribution is 8.55. The molecule has 0 bridgehead atoms. The quantitative estimate of drug-likeness (QED) is 0.00878. The summed E-state index contributed by atoms with van der Waals surface area (Å²) in [6.07, 6.45) is -5.43. The summed E-state index contributed by atoms with van der Waals surface area (Å²) in [5, 5.41) is 27.2. The normalized spacial score (nSPS) is 22.5. The minimum absolute atomic E-state index is 0.00122. The van der Waals surface area contributed by atoms with Crippen LogP contribution in [-0.4, -0.2) is 181 Å². The number of hydrogen-bond donors (Lipinski definition) is 12. The standard InChI is InChI=1S/C60H79FN26O16P2S2/c1-30(2)45(82-41(88)20-76-84-66)56(92)80-36(7-5-17-68-59(64)94)54(90)78-34-13-9-32(10-14-34)24-106-104(96)99-23-40-49(44(61)58(101-40)87-29-75-48-51(63)71-27-73-53(48)87)103-105(97,98-22-39-38(102-104)19-43(100-39)86-28-74-47-50(62)70-26-72-52(47)86)107-25-33-11-15-35(16-12-33)79-55(91)37(8-6-18-69-60(65)95)81-57(93)46(31(3)4)83-42(89)21-77-85-67/h9-16,26-31,36-40,43-46,49,58H,5-8,17-25H2,1-4H3,(H,78,90)(H,79,91)(H,80,92)(H,81,93)(H,82,88)(H,83,89)(H2,62,70,72)(H2,63,71,73)(H3,64,68,94)(H3,65,69,95)/t36-,37-,38-,39+,40+,43+,44+,45-,46-,49+,58+,104?,105?/m0/s1. The highest BCUT2D eigenvalue weighted by Crippen LogP contribution is 2.67. The Hall–Kier alpha value is -10.0. The van der Waals surface area contributed by atoms with Crippen molar-refractivity contribution < 1.29 is 79.4 Å². The molecule has 9 rings (SSSR count). The van der Waals surface area contributed by atoms with Crippen molar-refractivity contribution in [1.82, 2.24) is 70.9 Å². The number of carbonyl (C=O) groups excluding carboxylic acids is 8. The molecule has 47 heteroatoms. The zero-order chi connectivity index (χ0) is 77.1. The van der Waals surface area contributed by atoms with E-state index in [0.29, 0.717) is 22.5 Å². The number of nitrogens with one attached hydrogen (secondary N) is 8. The average molecular weight is 1570 g/mol. The summed E-state index contributed by atoms with van der Waals surface area (Å²) in [5.74, 6) is -5.43. The molecule has 13 atom stereocenters. The maximum Gasteiger partial charge on any atom is 0.389 e. The van der Waals surface area contributed by atoms with E-state index in [1.807, 2.05) is 0 Å². The molecule has 574 valence electrons. The van der Waals surface area contributed by atoms with Crippen LogP contribution < -0.4 is 65.5 Å². The molecule has 0 radical (unpaired) electrons. The lowest BCUT2D eigenvalue weighted by molar-refractivity contribution is -0.131. The Kier molecular flexibility index (Phi) is 28.4. The molecule has 107 heavy (non-hydrogen) atoms. The lowest BCUT2D eigenvalue weighted by atomic mass is 10.0. The van der Waals surface area contributed by atoms with Gasteiger partial charge in [-0.1, -0.05) is 62.2 Å². The number of imidazole rings is 2. The zero-order valence-corrected chi connectivity index (χ0v) is 61.2. The fraction of sp³-hybridized carbons (Fsp3) is 0.500. The molecule has 3 saturated heterocycles. The first kappa shape index (κ1) is 81.1. The van der Waals surface area contributed by atoms with E-state index in [4.69, 9.17) is 61.6 Å². The van der Waals surface area contributed by atoms with Gasteiger partial charge in [0.1, 0.15) is 91.6 Å². The molecule has 10 amide bonds. The second-order valence-corrected chi connectivity index (χ2v) is 33.1. The predicted octanol–water partition coefficient (Wildman–Crippen LogP) is 4.90. The van der Waals surface area contributed by atoms with Crippen LogP contribution in [0.1, 0.15) is 83.4 Å². The van der Waals surface area contributed by atoms with Crippen LogP contribution in [0.3, 0.4) is 0 Å². The van der Waals surface area contributed by atoms with Gasteiger partial charge in [0.25, 0.3) is 0 Å². The number of azide groups is 2. The Morgan fingerprint density at radius 3 is 1.51 bits per heavy atom. The molecule has 2 aromatic carbocycles. The molecular weight excluding hydrogens is 1490 g/mol. The molecular formula is C60H79FN26O16P2S2. The summed E-state index contributed by atoms with van der Waals surface area (Å²) in [4.78, 5) is 133. The van der Waals surface area contributed by atoms with Gasteiger partial charge < -0.3 is 74.9 Å². The van der Waals surface area contributed by atoms with Gasteiger partial charge in [0.05, 0.1) is 25.9 Å². The number of benzene rings is 2. The van der Waals surface area contributed by atoms with E-state index in [2.05, 4.69) is 92.5 Å². The third-order valence-corrected chi connectivity index (χ3v) is 24.0. The molecule has 4 aromatic heterocycles. The van der Waals surface area contributed by atoms with E-state index in [0.717, 1.165) is 17.7 Å². The maximum atomic E-state index is 17.7. The van der Waals surface area contributed by atoms with Crippen molar-refractivity contribution in [2.24, 2.45) is 33.5 Å². The second kappa shape index (κ2) is 37.5. The fourth-order valence-electron chi connectivity index (χ4n) is 11.2. The van der Waals surface area contributed by atoms with Gasteiger partial charge in [0, 0.05) is 52.2 Å². The number of aromatic nitrogens is 8. The van der Waals surface area contributed by atoms with Gasteiger partial charge >= 0.3 is 25.7 Å². The van der Waals surface area contributed by atoms with Gasteiger partial charge in [-0.3, -0.25) is 56.0 Å². The van der Waals surface area contributed by atoms with E-state index in [1.165, 1.54) is 47.8 Å². The number of primary amides is 2. The lowest BCUT2D eigenvalue weighted by Crippen LogP contribution is -2.55. The minimum atomic E-state index is -4.69. The van der Waals surface area contributed by atoms with Crippen molar-refractivity contribution in [2.45, 2.75) is 139 Å². The summed E-state index contributed by atoms with van der Waals surface area (Å²) in [6, 6.07) is 6.16. The third-order valence-electron chi connectivity index (χ3n) is 16.6. The number of nitrogen functional groups attached to an aromatic ring is 2. The second-order valence-electron chi connectivity index (χ2n) is 25.0. The number of hydrogen-bond acceptors (Lipinski definition) is 28. The molecule has 0 spiro atoms. The molecule has 16 N–H and O–H groups in total. The first-order chi connectivity index (χ1) is 51.1. The summed E-state index contributed by atoms with van der Waals surface area (Å²) in [7, 11) is 0. The van der Waals surface area contributed by atoms with Gasteiger partial charge in [-0.2, -0.15) is 0 Å².